The first-order chi connectivity index (χ1) is 10.8. The van der Waals surface area contributed by atoms with Crippen LogP contribution in [0.4, 0.5) is 11.6 Å². The van der Waals surface area contributed by atoms with Gasteiger partial charge in [-0.25, -0.2) is 0 Å². The lowest BCUT2D eigenvalue weighted by molar-refractivity contribution is 0.415. The fourth-order valence-corrected chi connectivity index (χ4v) is 2.42. The number of hydrogen-bond acceptors (Lipinski definition) is 4. The van der Waals surface area contributed by atoms with Crippen LogP contribution in [0.1, 0.15) is 12.5 Å². The first-order valence-corrected chi connectivity index (χ1v) is 7.25. The number of rotatable bonds is 5. The average Bonchev–Trinajstić information content (AvgIpc) is 3.08. The molecule has 0 aliphatic rings. The predicted molar refractivity (Wildman–Crippen MR) is 87.6 cm³/mol. The summed E-state index contributed by atoms with van der Waals surface area (Å²) in [5.41, 5.74) is 4.64. The molecule has 2 aromatic carbocycles. The van der Waals surface area contributed by atoms with Crippen molar-refractivity contribution in [2.75, 3.05) is 12.4 Å². The monoisotopic (exact) mass is 294 g/mol. The highest BCUT2D eigenvalue weighted by Gasteiger charge is 2.07. The van der Waals surface area contributed by atoms with Gasteiger partial charge in [0, 0.05) is 11.8 Å². The molecule has 3 aromatic rings. The number of ether oxygens (including phenoxy) is 1. The Morgan fingerprint density at radius 1 is 1.09 bits per heavy atom. The Morgan fingerprint density at radius 2 is 1.91 bits per heavy atom. The molecule has 22 heavy (non-hydrogen) atoms. The van der Waals surface area contributed by atoms with E-state index in [9.17, 15) is 0 Å². The molecule has 4 heteroatoms. The van der Waals surface area contributed by atoms with Crippen molar-refractivity contribution < 1.29 is 9.26 Å². The van der Waals surface area contributed by atoms with Crippen molar-refractivity contribution in [3.8, 4) is 16.9 Å². The van der Waals surface area contributed by atoms with Gasteiger partial charge in [-0.05, 0) is 47.4 Å². The topological polar surface area (TPSA) is 47.3 Å². The highest BCUT2D eigenvalue weighted by molar-refractivity contribution is 5.73. The summed E-state index contributed by atoms with van der Waals surface area (Å²) in [6, 6.07) is 16.2. The quantitative estimate of drug-likeness (QED) is 0.743. The van der Waals surface area contributed by atoms with Crippen LogP contribution >= 0.6 is 0 Å². The third-order valence-electron chi connectivity index (χ3n) is 3.60. The van der Waals surface area contributed by atoms with Crippen LogP contribution in [0.2, 0.25) is 0 Å². The highest BCUT2D eigenvalue weighted by Crippen LogP contribution is 2.30. The summed E-state index contributed by atoms with van der Waals surface area (Å²) in [7, 11) is 1.68. The molecule has 0 radical (unpaired) electrons. The van der Waals surface area contributed by atoms with E-state index in [1.54, 1.807) is 19.4 Å². The van der Waals surface area contributed by atoms with Gasteiger partial charge in [-0.15, -0.1) is 0 Å². The van der Waals surface area contributed by atoms with E-state index >= 15 is 0 Å². The zero-order valence-corrected chi connectivity index (χ0v) is 12.7. The van der Waals surface area contributed by atoms with Crippen LogP contribution in [-0.4, -0.2) is 12.3 Å². The van der Waals surface area contributed by atoms with Crippen LogP contribution in [0.5, 0.6) is 5.75 Å². The third kappa shape index (κ3) is 2.96. The molecular formula is C18H18N2O2. The highest BCUT2D eigenvalue weighted by atomic mass is 16.5. The average molecular weight is 294 g/mol. The number of anilines is 2. The Kier molecular flexibility index (Phi) is 4.10. The Balaban J connectivity index is 1.96. The van der Waals surface area contributed by atoms with Gasteiger partial charge < -0.3 is 14.6 Å². The second-order valence-electron chi connectivity index (χ2n) is 4.96. The van der Waals surface area contributed by atoms with E-state index in [0.29, 0.717) is 5.88 Å². The summed E-state index contributed by atoms with van der Waals surface area (Å²) in [6.45, 7) is 2.16. The van der Waals surface area contributed by atoms with Crippen molar-refractivity contribution in [1.29, 1.82) is 0 Å². The van der Waals surface area contributed by atoms with Crippen LogP contribution in [-0.2, 0) is 6.42 Å². The maximum Gasteiger partial charge on any atom is 0.228 e. The molecular weight excluding hydrogens is 276 g/mol. The Labute approximate surface area is 129 Å². The lowest BCUT2D eigenvalue weighted by Gasteiger charge is -2.12. The lowest BCUT2D eigenvalue weighted by Crippen LogP contribution is -1.93. The Hall–Kier alpha value is -2.75. The molecule has 1 heterocycles. The predicted octanol–water partition coefficient (Wildman–Crippen LogP) is 4.66. The van der Waals surface area contributed by atoms with E-state index in [4.69, 9.17) is 9.26 Å². The maximum atomic E-state index is 5.22. The number of nitrogens with zero attached hydrogens (tertiary/aromatic N) is 1. The molecule has 1 N–H and O–H groups in total. The van der Waals surface area contributed by atoms with E-state index in [1.165, 1.54) is 16.7 Å². The normalized spacial score (nSPS) is 10.5. The van der Waals surface area contributed by atoms with Crippen molar-refractivity contribution in [2.45, 2.75) is 13.3 Å². The molecule has 4 nitrogen and oxygen atoms in total. The molecule has 0 bridgehead atoms. The standard InChI is InChI=1S/C18H18N2O2/c1-3-13-4-7-15(20-18-10-11-19-22-18)12-17(13)14-5-8-16(21-2)9-6-14/h4-12,20H,3H2,1-2H3. The van der Waals surface area contributed by atoms with Gasteiger partial charge in [-0.2, -0.15) is 0 Å². The van der Waals surface area contributed by atoms with E-state index in [2.05, 4.69) is 41.7 Å². The van der Waals surface area contributed by atoms with Gasteiger partial charge in [0.25, 0.3) is 0 Å². The fourth-order valence-electron chi connectivity index (χ4n) is 2.42. The SMILES string of the molecule is CCc1ccc(Nc2ccno2)cc1-c1ccc(OC)cc1. The summed E-state index contributed by atoms with van der Waals surface area (Å²) in [5.74, 6) is 1.49. The van der Waals surface area contributed by atoms with E-state index in [0.717, 1.165) is 17.9 Å². The molecule has 0 amide bonds. The van der Waals surface area contributed by atoms with E-state index in [1.807, 2.05) is 18.2 Å². The molecule has 0 aliphatic heterocycles. The number of methoxy groups -OCH3 is 1. The van der Waals surface area contributed by atoms with E-state index < -0.39 is 0 Å². The number of aromatic nitrogens is 1. The molecule has 0 fully saturated rings. The van der Waals surface area contributed by atoms with Crippen LogP contribution < -0.4 is 10.1 Å². The summed E-state index contributed by atoms with van der Waals surface area (Å²) in [4.78, 5) is 0. The van der Waals surface area contributed by atoms with Crippen molar-refractivity contribution in [2.24, 2.45) is 0 Å². The second kappa shape index (κ2) is 6.35. The molecule has 112 valence electrons. The molecule has 0 spiro atoms. The van der Waals surface area contributed by atoms with Gasteiger partial charge in [0.15, 0.2) is 0 Å². The first-order valence-electron chi connectivity index (χ1n) is 7.25. The van der Waals surface area contributed by atoms with Crippen molar-refractivity contribution in [1.82, 2.24) is 5.16 Å². The fraction of sp³-hybridized carbons (Fsp3) is 0.167. The molecule has 0 aliphatic carbocycles. The minimum absolute atomic E-state index is 0.630. The Morgan fingerprint density at radius 3 is 2.55 bits per heavy atom. The van der Waals surface area contributed by atoms with Gasteiger partial charge in [0.1, 0.15) is 5.75 Å². The minimum Gasteiger partial charge on any atom is -0.497 e. The van der Waals surface area contributed by atoms with Gasteiger partial charge in [0.2, 0.25) is 5.88 Å². The van der Waals surface area contributed by atoms with E-state index in [-0.39, 0.29) is 0 Å². The summed E-state index contributed by atoms with van der Waals surface area (Å²) >= 11 is 0. The lowest BCUT2D eigenvalue weighted by atomic mass is 9.97. The zero-order chi connectivity index (χ0) is 15.4. The van der Waals surface area contributed by atoms with Crippen LogP contribution in [0.25, 0.3) is 11.1 Å². The van der Waals surface area contributed by atoms with Gasteiger partial charge >= 0.3 is 0 Å². The minimum atomic E-state index is 0.630. The third-order valence-corrected chi connectivity index (χ3v) is 3.60. The molecule has 0 saturated carbocycles. The Bertz CT molecular complexity index is 734. The molecule has 3 rings (SSSR count). The molecule has 0 atom stereocenters. The molecule has 0 saturated heterocycles. The van der Waals surface area contributed by atoms with Gasteiger partial charge in [0.05, 0.1) is 13.3 Å². The van der Waals surface area contributed by atoms with Gasteiger partial charge in [-0.1, -0.05) is 30.3 Å². The number of aryl methyl sites for hydroxylation is 1. The number of hydrogen-bond donors (Lipinski definition) is 1. The first kappa shape index (κ1) is 14.2. The molecule has 1 aromatic heterocycles. The zero-order valence-electron chi connectivity index (χ0n) is 12.7. The summed E-state index contributed by atoms with van der Waals surface area (Å²) < 4.78 is 10.3. The van der Waals surface area contributed by atoms with Crippen LogP contribution in [0.15, 0.2) is 59.3 Å². The van der Waals surface area contributed by atoms with Crippen LogP contribution in [0, 0.1) is 0 Å². The van der Waals surface area contributed by atoms with Crippen LogP contribution in [0.3, 0.4) is 0 Å². The molecule has 0 unspecified atom stereocenters. The van der Waals surface area contributed by atoms with Crippen molar-refractivity contribution >= 4 is 11.6 Å². The summed E-state index contributed by atoms with van der Waals surface area (Å²) in [5, 5.41) is 6.91. The number of benzene rings is 2. The second-order valence-corrected chi connectivity index (χ2v) is 4.96. The van der Waals surface area contributed by atoms with Crippen molar-refractivity contribution in [3.05, 3.63) is 60.3 Å². The van der Waals surface area contributed by atoms with Gasteiger partial charge in [-0.3, -0.25) is 0 Å². The maximum absolute atomic E-state index is 5.22. The van der Waals surface area contributed by atoms with Crippen molar-refractivity contribution in [3.63, 3.8) is 0 Å². The largest absolute Gasteiger partial charge is 0.497 e. The summed E-state index contributed by atoms with van der Waals surface area (Å²) in [6.07, 6.45) is 2.59. The number of nitrogens with one attached hydrogen (secondary N) is 1. The smallest absolute Gasteiger partial charge is 0.228 e.